The minimum absolute atomic E-state index is 0.233. The number of anilines is 1. The quantitative estimate of drug-likeness (QED) is 0.712. The van der Waals surface area contributed by atoms with Crippen molar-refractivity contribution in [3.63, 3.8) is 0 Å². The van der Waals surface area contributed by atoms with E-state index in [4.69, 9.17) is 0 Å². The van der Waals surface area contributed by atoms with E-state index in [1.807, 2.05) is 42.6 Å². The lowest BCUT2D eigenvalue weighted by Gasteiger charge is -2.25. The lowest BCUT2D eigenvalue weighted by Crippen LogP contribution is -2.21. The zero-order valence-corrected chi connectivity index (χ0v) is 8.05. The van der Waals surface area contributed by atoms with Gasteiger partial charge >= 0.3 is 0 Å². The van der Waals surface area contributed by atoms with Gasteiger partial charge in [0.25, 0.3) is 0 Å². The number of nitrogens with zero attached hydrogens (tertiary/aromatic N) is 1. The van der Waals surface area contributed by atoms with E-state index in [2.05, 4.69) is 9.88 Å². The molecule has 1 aromatic heterocycles. The number of rotatable bonds is 1. The number of fused-ring (bicyclic) bond motifs is 3. The number of nitrogens with one attached hydrogen (secondary N) is 1. The molecule has 0 aliphatic carbocycles. The maximum Gasteiger partial charge on any atom is 0.146 e. The van der Waals surface area contributed by atoms with E-state index in [1.165, 1.54) is 0 Å². The van der Waals surface area contributed by atoms with Crippen molar-refractivity contribution in [2.75, 3.05) is 5.32 Å². The van der Waals surface area contributed by atoms with Crippen LogP contribution in [-0.2, 0) is 4.79 Å². The van der Waals surface area contributed by atoms with Gasteiger partial charge in [-0.05, 0) is 18.2 Å². The molecule has 2 heterocycles. The van der Waals surface area contributed by atoms with Gasteiger partial charge < -0.3 is 14.7 Å². The highest BCUT2D eigenvalue weighted by Crippen LogP contribution is 2.31. The SMILES string of the molecule is O=CC1Nc2cccn2-c2ccccc21. The third kappa shape index (κ3) is 1.09. The van der Waals surface area contributed by atoms with E-state index in [9.17, 15) is 4.79 Å². The molecule has 1 atom stereocenters. The van der Waals surface area contributed by atoms with Gasteiger partial charge in [-0.1, -0.05) is 18.2 Å². The number of aldehydes is 1. The van der Waals surface area contributed by atoms with E-state index in [1.54, 1.807) is 0 Å². The molecule has 3 nitrogen and oxygen atoms in total. The van der Waals surface area contributed by atoms with E-state index >= 15 is 0 Å². The van der Waals surface area contributed by atoms with Gasteiger partial charge in [0.05, 0.1) is 5.69 Å². The van der Waals surface area contributed by atoms with Crippen LogP contribution in [0.3, 0.4) is 0 Å². The van der Waals surface area contributed by atoms with Crippen molar-refractivity contribution in [1.82, 2.24) is 4.57 Å². The van der Waals surface area contributed by atoms with Crippen molar-refractivity contribution in [3.05, 3.63) is 48.2 Å². The Balaban J connectivity index is 2.28. The standard InChI is InChI=1S/C12H10N2O/c15-8-10-9-4-1-2-5-11(9)14-7-3-6-12(14)13-10/h1-8,10,13H. The molecule has 0 bridgehead atoms. The van der Waals surface area contributed by atoms with Gasteiger partial charge in [0.2, 0.25) is 0 Å². The molecule has 1 aromatic carbocycles. The second kappa shape index (κ2) is 2.98. The van der Waals surface area contributed by atoms with E-state index in [0.29, 0.717) is 0 Å². The Morgan fingerprint density at radius 2 is 2.07 bits per heavy atom. The fraction of sp³-hybridized carbons (Fsp3) is 0.0833. The third-order valence-electron chi connectivity index (χ3n) is 2.72. The van der Waals surface area contributed by atoms with Gasteiger partial charge in [0.1, 0.15) is 18.1 Å². The molecule has 2 aromatic rings. The summed E-state index contributed by atoms with van der Waals surface area (Å²) in [6.45, 7) is 0. The summed E-state index contributed by atoms with van der Waals surface area (Å²) in [4.78, 5) is 11.0. The zero-order chi connectivity index (χ0) is 10.3. The van der Waals surface area contributed by atoms with Crippen LogP contribution >= 0.6 is 0 Å². The molecule has 0 radical (unpaired) electrons. The molecule has 0 saturated carbocycles. The average molecular weight is 198 g/mol. The molecule has 15 heavy (non-hydrogen) atoms. The van der Waals surface area contributed by atoms with Gasteiger partial charge in [-0.25, -0.2) is 0 Å². The van der Waals surface area contributed by atoms with Crippen molar-refractivity contribution in [1.29, 1.82) is 0 Å². The first-order chi connectivity index (χ1) is 7.40. The van der Waals surface area contributed by atoms with Crippen LogP contribution in [0.4, 0.5) is 5.82 Å². The normalized spacial score (nSPS) is 17.5. The highest BCUT2D eigenvalue weighted by Gasteiger charge is 2.21. The summed E-state index contributed by atoms with van der Waals surface area (Å²) in [5, 5.41) is 3.18. The van der Waals surface area contributed by atoms with E-state index in [-0.39, 0.29) is 6.04 Å². The van der Waals surface area contributed by atoms with Crippen molar-refractivity contribution in [2.24, 2.45) is 0 Å². The van der Waals surface area contributed by atoms with Crippen LogP contribution in [0.1, 0.15) is 11.6 Å². The molecule has 74 valence electrons. The molecule has 1 aliphatic rings. The summed E-state index contributed by atoms with van der Waals surface area (Å²) < 4.78 is 2.05. The Morgan fingerprint density at radius 3 is 2.93 bits per heavy atom. The van der Waals surface area contributed by atoms with Crippen molar-refractivity contribution >= 4 is 12.1 Å². The highest BCUT2D eigenvalue weighted by molar-refractivity contribution is 5.73. The highest BCUT2D eigenvalue weighted by atomic mass is 16.1. The number of aromatic nitrogens is 1. The Bertz CT molecular complexity index is 516. The Hall–Kier alpha value is -2.03. The number of para-hydroxylation sites is 1. The largest absolute Gasteiger partial charge is 0.358 e. The van der Waals surface area contributed by atoms with Gasteiger partial charge in [0.15, 0.2) is 0 Å². The Morgan fingerprint density at radius 1 is 1.20 bits per heavy atom. The van der Waals surface area contributed by atoms with Crippen molar-refractivity contribution < 1.29 is 4.79 Å². The number of carbonyl (C=O) groups is 1. The predicted molar refractivity (Wildman–Crippen MR) is 58.2 cm³/mol. The maximum atomic E-state index is 11.0. The number of hydrogen-bond donors (Lipinski definition) is 1. The second-order valence-corrected chi connectivity index (χ2v) is 3.58. The summed E-state index contributed by atoms with van der Waals surface area (Å²) in [5.41, 5.74) is 2.10. The molecule has 1 unspecified atom stereocenters. The number of benzene rings is 1. The minimum atomic E-state index is -0.233. The summed E-state index contributed by atoms with van der Waals surface area (Å²) >= 11 is 0. The first kappa shape index (κ1) is 8.29. The van der Waals surface area contributed by atoms with Crippen LogP contribution in [0.2, 0.25) is 0 Å². The maximum absolute atomic E-state index is 11.0. The Labute approximate surface area is 87.3 Å². The van der Waals surface area contributed by atoms with Crippen LogP contribution in [-0.4, -0.2) is 10.9 Å². The van der Waals surface area contributed by atoms with Crippen molar-refractivity contribution in [3.8, 4) is 5.69 Å². The molecule has 0 spiro atoms. The molecule has 1 aliphatic heterocycles. The molecule has 0 fully saturated rings. The lowest BCUT2D eigenvalue weighted by molar-refractivity contribution is -0.108. The Kier molecular flexibility index (Phi) is 1.65. The summed E-state index contributed by atoms with van der Waals surface area (Å²) in [6.07, 6.45) is 2.93. The number of hydrogen-bond acceptors (Lipinski definition) is 2. The van der Waals surface area contributed by atoms with E-state index in [0.717, 1.165) is 23.4 Å². The second-order valence-electron chi connectivity index (χ2n) is 3.58. The summed E-state index contributed by atoms with van der Waals surface area (Å²) in [7, 11) is 0. The van der Waals surface area contributed by atoms with E-state index < -0.39 is 0 Å². The topological polar surface area (TPSA) is 34.0 Å². The van der Waals surface area contributed by atoms with Crippen LogP contribution in [0.15, 0.2) is 42.6 Å². The predicted octanol–water partition coefficient (Wildman–Crippen LogP) is 2.14. The molecule has 0 saturated heterocycles. The van der Waals surface area contributed by atoms with Crippen LogP contribution in [0.5, 0.6) is 0 Å². The van der Waals surface area contributed by atoms with Crippen LogP contribution < -0.4 is 5.32 Å². The third-order valence-corrected chi connectivity index (χ3v) is 2.72. The monoisotopic (exact) mass is 198 g/mol. The lowest BCUT2D eigenvalue weighted by atomic mass is 10.0. The molecular formula is C12H10N2O. The molecule has 3 heteroatoms. The van der Waals surface area contributed by atoms with Gasteiger partial charge in [-0.3, -0.25) is 0 Å². The van der Waals surface area contributed by atoms with Gasteiger partial charge in [-0.15, -0.1) is 0 Å². The smallest absolute Gasteiger partial charge is 0.146 e. The molecule has 0 amide bonds. The molecule has 1 N–H and O–H groups in total. The fourth-order valence-electron chi connectivity index (χ4n) is 2.02. The number of carbonyl (C=O) groups excluding carboxylic acids is 1. The van der Waals surface area contributed by atoms with Gasteiger partial charge in [-0.2, -0.15) is 0 Å². The molecule has 3 rings (SSSR count). The van der Waals surface area contributed by atoms with Crippen LogP contribution in [0.25, 0.3) is 5.69 Å². The first-order valence-corrected chi connectivity index (χ1v) is 4.88. The summed E-state index contributed by atoms with van der Waals surface area (Å²) in [6, 6.07) is 11.6. The zero-order valence-electron chi connectivity index (χ0n) is 8.05. The summed E-state index contributed by atoms with van der Waals surface area (Å²) in [5.74, 6) is 0.964. The first-order valence-electron chi connectivity index (χ1n) is 4.88. The fourth-order valence-corrected chi connectivity index (χ4v) is 2.02. The van der Waals surface area contributed by atoms with Gasteiger partial charge in [0, 0.05) is 11.8 Å². The van der Waals surface area contributed by atoms with Crippen LogP contribution in [0, 0.1) is 0 Å². The molecular weight excluding hydrogens is 188 g/mol. The van der Waals surface area contributed by atoms with Crippen molar-refractivity contribution in [2.45, 2.75) is 6.04 Å². The minimum Gasteiger partial charge on any atom is -0.358 e. The average Bonchev–Trinajstić information content (AvgIpc) is 2.76.